The number of nitrogens with zero attached hydrogens (tertiary/aromatic N) is 4. The van der Waals surface area contributed by atoms with E-state index in [0.717, 1.165) is 18.7 Å². The molecule has 1 aromatic rings. The van der Waals surface area contributed by atoms with Gasteiger partial charge in [-0.05, 0) is 18.1 Å². The van der Waals surface area contributed by atoms with Crippen LogP contribution < -0.4 is 10.2 Å². The molecule has 1 saturated heterocycles. The number of benzene rings is 1. The van der Waals surface area contributed by atoms with Gasteiger partial charge in [0.25, 0.3) is 0 Å². The minimum Gasteiger partial charge on any atom is -0.366 e. The topological polar surface area (TPSA) is 51.2 Å². The van der Waals surface area contributed by atoms with E-state index in [2.05, 4.69) is 29.1 Å². The summed E-state index contributed by atoms with van der Waals surface area (Å²) in [6.07, 6.45) is 0. The van der Waals surface area contributed by atoms with Crippen LogP contribution in [0.2, 0.25) is 0 Å². The largest absolute Gasteiger partial charge is 0.366 e. The van der Waals surface area contributed by atoms with Crippen molar-refractivity contribution < 1.29 is 13.6 Å². The lowest BCUT2D eigenvalue weighted by Crippen LogP contribution is -2.53. The van der Waals surface area contributed by atoms with E-state index in [1.807, 2.05) is 4.90 Å². The third-order valence-electron chi connectivity index (χ3n) is 4.36. The van der Waals surface area contributed by atoms with Crippen molar-refractivity contribution in [1.82, 2.24) is 15.1 Å². The van der Waals surface area contributed by atoms with Gasteiger partial charge in [-0.1, -0.05) is 13.8 Å². The lowest BCUT2D eigenvalue weighted by Gasteiger charge is -2.38. The number of nitrogens with one attached hydrogen (secondary N) is 1. The Morgan fingerprint density at radius 1 is 1.21 bits per heavy atom. The fraction of sp³-hybridized carbons (Fsp3) is 0.579. The molecule has 28 heavy (non-hydrogen) atoms. The number of likely N-dealkylation sites (N-methyl/N-ethyl adjacent to an activating group) is 1. The average Bonchev–Trinajstić information content (AvgIpc) is 2.63. The molecule has 2 rings (SSSR count). The molecule has 0 atom stereocenters. The second kappa shape index (κ2) is 11.4. The average molecular weight is 509 g/mol. The maximum absolute atomic E-state index is 14.0. The fourth-order valence-electron chi connectivity index (χ4n) is 2.73. The van der Waals surface area contributed by atoms with Gasteiger partial charge in [-0.15, -0.1) is 24.0 Å². The van der Waals surface area contributed by atoms with Crippen molar-refractivity contribution in [3.8, 4) is 0 Å². The number of carbonyl (C=O) groups is 1. The predicted octanol–water partition coefficient (Wildman–Crippen LogP) is 2.39. The highest BCUT2D eigenvalue weighted by molar-refractivity contribution is 14.0. The number of halogens is 3. The number of piperazine rings is 1. The van der Waals surface area contributed by atoms with Crippen molar-refractivity contribution >= 4 is 41.5 Å². The predicted molar refractivity (Wildman–Crippen MR) is 119 cm³/mol. The number of anilines is 1. The van der Waals surface area contributed by atoms with E-state index in [4.69, 9.17) is 0 Å². The summed E-state index contributed by atoms with van der Waals surface area (Å²) in [4.78, 5) is 21.7. The zero-order valence-electron chi connectivity index (χ0n) is 16.9. The highest BCUT2D eigenvalue weighted by Gasteiger charge is 2.22. The van der Waals surface area contributed by atoms with Crippen LogP contribution >= 0.6 is 24.0 Å². The molecule has 0 spiro atoms. The van der Waals surface area contributed by atoms with E-state index in [1.54, 1.807) is 14.1 Å². The van der Waals surface area contributed by atoms with Crippen LogP contribution in [0.5, 0.6) is 0 Å². The molecule has 0 aromatic heterocycles. The molecule has 0 unspecified atom stereocenters. The minimum atomic E-state index is -0.447. The van der Waals surface area contributed by atoms with Crippen LogP contribution in [0.3, 0.4) is 0 Å². The standard InChI is InChI=1S/C19H29F2N5O.HI/c1-14(2)12-22-19(23-13-18(27)24(3)4)26-9-7-25(8-10-26)17-11-15(20)5-6-16(17)21;/h5-6,11,14H,7-10,12-13H2,1-4H3,(H,22,23);1H. The normalized spacial score (nSPS) is 14.8. The van der Waals surface area contributed by atoms with Crippen molar-refractivity contribution in [3.63, 3.8) is 0 Å². The number of rotatable bonds is 5. The van der Waals surface area contributed by atoms with E-state index in [1.165, 1.54) is 11.0 Å². The summed E-state index contributed by atoms with van der Waals surface area (Å²) in [5.74, 6) is 0.171. The maximum atomic E-state index is 14.0. The Balaban J connectivity index is 0.00000392. The second-order valence-corrected chi connectivity index (χ2v) is 7.27. The zero-order valence-corrected chi connectivity index (χ0v) is 19.2. The summed E-state index contributed by atoms with van der Waals surface area (Å²) in [5.41, 5.74) is 0.283. The van der Waals surface area contributed by atoms with Crippen LogP contribution in [0.15, 0.2) is 23.2 Å². The van der Waals surface area contributed by atoms with Crippen LogP contribution in [0.25, 0.3) is 0 Å². The van der Waals surface area contributed by atoms with E-state index in [0.29, 0.717) is 38.1 Å². The zero-order chi connectivity index (χ0) is 20.0. The molecular weight excluding hydrogens is 479 g/mol. The van der Waals surface area contributed by atoms with Crippen LogP contribution in [0, 0.1) is 17.6 Å². The monoisotopic (exact) mass is 509 g/mol. The van der Waals surface area contributed by atoms with Gasteiger partial charge < -0.3 is 20.0 Å². The first-order valence-corrected chi connectivity index (χ1v) is 9.21. The molecular formula is C19H30F2IN5O. The molecule has 0 radical (unpaired) electrons. The number of guanidine groups is 1. The quantitative estimate of drug-likeness (QED) is 0.377. The third kappa shape index (κ3) is 7.06. The van der Waals surface area contributed by atoms with Crippen molar-refractivity contribution in [2.24, 2.45) is 10.9 Å². The van der Waals surface area contributed by atoms with E-state index in [9.17, 15) is 13.6 Å². The Morgan fingerprint density at radius 2 is 1.86 bits per heavy atom. The number of carbonyl (C=O) groups excluding carboxylic acids is 1. The van der Waals surface area contributed by atoms with E-state index >= 15 is 0 Å². The van der Waals surface area contributed by atoms with E-state index < -0.39 is 11.6 Å². The van der Waals surface area contributed by atoms with Crippen LogP contribution in [-0.2, 0) is 4.79 Å². The van der Waals surface area contributed by atoms with Crippen molar-refractivity contribution in [2.75, 3.05) is 58.3 Å². The molecule has 0 saturated carbocycles. The maximum Gasteiger partial charge on any atom is 0.243 e. The smallest absolute Gasteiger partial charge is 0.243 e. The van der Waals surface area contributed by atoms with Gasteiger partial charge in [-0.25, -0.2) is 13.8 Å². The molecule has 1 N–H and O–H groups in total. The van der Waals surface area contributed by atoms with Crippen molar-refractivity contribution in [3.05, 3.63) is 29.8 Å². The lowest BCUT2D eigenvalue weighted by molar-refractivity contribution is -0.127. The van der Waals surface area contributed by atoms with Crippen molar-refractivity contribution in [1.29, 1.82) is 0 Å². The minimum absolute atomic E-state index is 0. The summed E-state index contributed by atoms with van der Waals surface area (Å²) >= 11 is 0. The summed E-state index contributed by atoms with van der Waals surface area (Å²) in [7, 11) is 3.40. The van der Waals surface area contributed by atoms with Crippen LogP contribution in [0.4, 0.5) is 14.5 Å². The Bertz CT molecular complexity index is 676. The molecule has 1 aliphatic rings. The number of hydrogen-bond acceptors (Lipinski definition) is 3. The third-order valence-corrected chi connectivity index (χ3v) is 4.36. The molecule has 1 aliphatic heterocycles. The molecule has 1 aromatic carbocycles. The van der Waals surface area contributed by atoms with E-state index in [-0.39, 0.29) is 42.1 Å². The summed E-state index contributed by atoms with van der Waals surface area (Å²) in [5, 5.41) is 3.31. The van der Waals surface area contributed by atoms with Crippen LogP contribution in [-0.4, -0.2) is 75.0 Å². The molecule has 9 heteroatoms. The Hall–Kier alpha value is -1.65. The Labute approximate surface area is 183 Å². The first-order valence-electron chi connectivity index (χ1n) is 9.21. The lowest BCUT2D eigenvalue weighted by atomic mass is 10.2. The van der Waals surface area contributed by atoms with Gasteiger partial charge in [0.1, 0.15) is 18.2 Å². The summed E-state index contributed by atoms with van der Waals surface area (Å²) in [6, 6.07) is 3.51. The van der Waals surface area contributed by atoms with Gasteiger partial charge in [0, 0.05) is 52.9 Å². The van der Waals surface area contributed by atoms with Gasteiger partial charge >= 0.3 is 0 Å². The molecule has 1 heterocycles. The molecule has 6 nitrogen and oxygen atoms in total. The van der Waals surface area contributed by atoms with Gasteiger partial charge in [0.05, 0.1) is 5.69 Å². The summed E-state index contributed by atoms with van der Waals surface area (Å²) in [6.45, 7) is 7.32. The van der Waals surface area contributed by atoms with Crippen molar-refractivity contribution in [2.45, 2.75) is 13.8 Å². The Morgan fingerprint density at radius 3 is 2.43 bits per heavy atom. The van der Waals surface area contributed by atoms with Gasteiger partial charge in [-0.2, -0.15) is 0 Å². The number of aliphatic imine (C=N–C) groups is 1. The van der Waals surface area contributed by atoms with Gasteiger partial charge in [0.15, 0.2) is 5.96 Å². The molecule has 0 bridgehead atoms. The molecule has 0 aliphatic carbocycles. The molecule has 158 valence electrons. The number of amides is 1. The first-order chi connectivity index (χ1) is 12.8. The summed E-state index contributed by atoms with van der Waals surface area (Å²) < 4.78 is 27.5. The highest BCUT2D eigenvalue weighted by atomic mass is 127. The van der Waals surface area contributed by atoms with Gasteiger partial charge in [-0.3, -0.25) is 4.79 Å². The Kier molecular flexibility index (Phi) is 9.91. The molecule has 1 fully saturated rings. The number of hydrogen-bond donors (Lipinski definition) is 1. The van der Waals surface area contributed by atoms with Gasteiger partial charge in [0.2, 0.25) is 5.91 Å². The first kappa shape index (κ1) is 24.4. The second-order valence-electron chi connectivity index (χ2n) is 7.27. The highest BCUT2D eigenvalue weighted by Crippen LogP contribution is 2.21. The molecule has 1 amide bonds. The van der Waals surface area contributed by atoms with Crippen LogP contribution in [0.1, 0.15) is 13.8 Å². The SMILES string of the molecule is CC(C)CNC(=NCC(=O)N(C)C)N1CCN(c2cc(F)ccc2F)CC1.I. The fourth-order valence-corrected chi connectivity index (χ4v) is 2.73.